The number of aryl methyl sites for hydroxylation is 1. The van der Waals surface area contributed by atoms with Crippen LogP contribution in [0.15, 0.2) is 42.5 Å². The normalized spacial score (nSPS) is 12.4. The van der Waals surface area contributed by atoms with Gasteiger partial charge in [0, 0.05) is 10.6 Å². The molecule has 0 bridgehead atoms. The highest BCUT2D eigenvalue weighted by Crippen LogP contribution is 2.31. The molecule has 1 nitrogen and oxygen atoms in total. The van der Waals surface area contributed by atoms with Crippen molar-refractivity contribution >= 4 is 11.6 Å². The van der Waals surface area contributed by atoms with E-state index in [4.69, 9.17) is 11.6 Å². The highest BCUT2D eigenvalue weighted by molar-refractivity contribution is 6.31. The van der Waals surface area contributed by atoms with E-state index in [0.29, 0.717) is 10.6 Å². The number of halogens is 2. The lowest BCUT2D eigenvalue weighted by molar-refractivity contribution is 0.559. The van der Waals surface area contributed by atoms with E-state index in [9.17, 15) is 4.39 Å². The quantitative estimate of drug-likeness (QED) is 0.839. The summed E-state index contributed by atoms with van der Waals surface area (Å²) in [4.78, 5) is 0. The first-order valence-corrected chi connectivity index (χ1v) is 7.31. The Morgan fingerprint density at radius 1 is 1.15 bits per heavy atom. The summed E-state index contributed by atoms with van der Waals surface area (Å²) in [5.41, 5.74) is 2.79. The molecule has 0 aliphatic rings. The van der Waals surface area contributed by atoms with Gasteiger partial charge in [-0.15, -0.1) is 0 Å². The minimum atomic E-state index is -0.273. The summed E-state index contributed by atoms with van der Waals surface area (Å²) in [6, 6.07) is 12.8. The molecule has 0 fully saturated rings. The Kier molecular flexibility index (Phi) is 5.16. The zero-order valence-electron chi connectivity index (χ0n) is 11.8. The molecule has 0 radical (unpaired) electrons. The van der Waals surface area contributed by atoms with Crippen molar-refractivity contribution in [1.29, 1.82) is 0 Å². The van der Waals surface area contributed by atoms with Crippen molar-refractivity contribution in [3.8, 4) is 0 Å². The van der Waals surface area contributed by atoms with Gasteiger partial charge in [-0.25, -0.2) is 4.39 Å². The lowest BCUT2D eigenvalue weighted by Crippen LogP contribution is -2.23. The Balaban J connectivity index is 2.50. The molecule has 2 rings (SSSR count). The van der Waals surface area contributed by atoms with Gasteiger partial charge < -0.3 is 5.32 Å². The molecule has 20 heavy (non-hydrogen) atoms. The van der Waals surface area contributed by atoms with Gasteiger partial charge in [0.05, 0.1) is 6.04 Å². The molecule has 0 aliphatic carbocycles. The van der Waals surface area contributed by atoms with Gasteiger partial charge in [-0.05, 0) is 36.2 Å². The molecule has 0 spiro atoms. The molecule has 1 atom stereocenters. The maximum atomic E-state index is 14.2. The summed E-state index contributed by atoms with van der Waals surface area (Å²) in [5, 5.41) is 3.78. The number of nitrogens with one attached hydrogen (secondary N) is 1. The van der Waals surface area contributed by atoms with E-state index in [1.54, 1.807) is 12.1 Å². The van der Waals surface area contributed by atoms with Crippen molar-refractivity contribution < 1.29 is 4.39 Å². The van der Waals surface area contributed by atoms with Crippen molar-refractivity contribution in [3.63, 3.8) is 0 Å². The molecular formula is C17H19ClFN. The fourth-order valence-electron chi connectivity index (χ4n) is 2.37. The first-order valence-electron chi connectivity index (χ1n) is 6.93. The Bertz CT molecular complexity index is 563. The summed E-state index contributed by atoms with van der Waals surface area (Å²) in [6.45, 7) is 4.86. The van der Waals surface area contributed by atoms with Gasteiger partial charge >= 0.3 is 0 Å². The standard InChI is InChI=1S/C17H19ClFN/c1-3-12-7-5-8-13(11-12)17(20-4-2)16-14(18)9-6-10-15(16)19/h5-11,17,20H,3-4H2,1-2H3. The Hall–Kier alpha value is -1.38. The highest BCUT2D eigenvalue weighted by Gasteiger charge is 2.20. The molecular weight excluding hydrogens is 273 g/mol. The lowest BCUT2D eigenvalue weighted by Gasteiger charge is -2.21. The largest absolute Gasteiger partial charge is 0.306 e. The third-order valence-electron chi connectivity index (χ3n) is 3.39. The number of hydrogen-bond donors (Lipinski definition) is 1. The molecule has 2 aromatic carbocycles. The monoisotopic (exact) mass is 291 g/mol. The molecule has 2 aromatic rings. The van der Waals surface area contributed by atoms with Crippen LogP contribution in [-0.2, 0) is 6.42 Å². The summed E-state index contributed by atoms with van der Waals surface area (Å²) in [7, 11) is 0. The molecule has 3 heteroatoms. The van der Waals surface area contributed by atoms with E-state index in [1.807, 2.05) is 19.1 Å². The first-order chi connectivity index (χ1) is 9.67. The van der Waals surface area contributed by atoms with Crippen LogP contribution in [-0.4, -0.2) is 6.54 Å². The van der Waals surface area contributed by atoms with Gasteiger partial charge in [0.1, 0.15) is 5.82 Å². The fourth-order valence-corrected chi connectivity index (χ4v) is 2.64. The van der Waals surface area contributed by atoms with Crippen LogP contribution in [0.25, 0.3) is 0 Å². The van der Waals surface area contributed by atoms with Crippen LogP contribution < -0.4 is 5.32 Å². The maximum absolute atomic E-state index is 14.2. The van der Waals surface area contributed by atoms with Crippen LogP contribution in [0.3, 0.4) is 0 Å². The van der Waals surface area contributed by atoms with Gasteiger partial charge in [0.2, 0.25) is 0 Å². The number of benzene rings is 2. The minimum Gasteiger partial charge on any atom is -0.306 e. The maximum Gasteiger partial charge on any atom is 0.129 e. The second kappa shape index (κ2) is 6.87. The highest BCUT2D eigenvalue weighted by atomic mass is 35.5. The number of rotatable bonds is 5. The molecule has 0 heterocycles. The second-order valence-electron chi connectivity index (χ2n) is 4.72. The molecule has 106 valence electrons. The summed E-state index contributed by atoms with van der Waals surface area (Å²) >= 11 is 6.20. The molecule has 1 unspecified atom stereocenters. The average molecular weight is 292 g/mol. The van der Waals surface area contributed by atoms with Crippen molar-refractivity contribution in [2.45, 2.75) is 26.3 Å². The lowest BCUT2D eigenvalue weighted by atomic mass is 9.96. The van der Waals surface area contributed by atoms with E-state index in [-0.39, 0.29) is 11.9 Å². The minimum absolute atomic E-state index is 0.222. The zero-order valence-corrected chi connectivity index (χ0v) is 12.5. The SMILES string of the molecule is CCNC(c1cccc(CC)c1)c1c(F)cccc1Cl. The molecule has 0 amide bonds. The van der Waals surface area contributed by atoms with E-state index in [0.717, 1.165) is 18.5 Å². The van der Waals surface area contributed by atoms with Crippen LogP contribution in [0.2, 0.25) is 5.02 Å². The van der Waals surface area contributed by atoms with Crippen LogP contribution in [0.1, 0.15) is 36.6 Å². The molecule has 1 N–H and O–H groups in total. The predicted molar refractivity (Wildman–Crippen MR) is 82.7 cm³/mol. The Morgan fingerprint density at radius 2 is 1.90 bits per heavy atom. The Morgan fingerprint density at radius 3 is 2.55 bits per heavy atom. The topological polar surface area (TPSA) is 12.0 Å². The molecule has 0 saturated heterocycles. The fraction of sp³-hybridized carbons (Fsp3) is 0.294. The van der Waals surface area contributed by atoms with Gasteiger partial charge in [-0.3, -0.25) is 0 Å². The average Bonchev–Trinajstić information content (AvgIpc) is 2.46. The van der Waals surface area contributed by atoms with Gasteiger partial charge in [-0.1, -0.05) is 55.8 Å². The first kappa shape index (κ1) is 15.0. The third kappa shape index (κ3) is 3.20. The van der Waals surface area contributed by atoms with Crippen LogP contribution >= 0.6 is 11.6 Å². The second-order valence-corrected chi connectivity index (χ2v) is 5.13. The van der Waals surface area contributed by atoms with E-state index >= 15 is 0 Å². The Labute approximate surface area is 124 Å². The predicted octanol–water partition coefficient (Wildman–Crippen LogP) is 4.74. The van der Waals surface area contributed by atoms with Crippen LogP contribution in [0.5, 0.6) is 0 Å². The summed E-state index contributed by atoms with van der Waals surface area (Å²) in [5.74, 6) is -0.273. The van der Waals surface area contributed by atoms with Crippen molar-refractivity contribution in [3.05, 3.63) is 70.0 Å². The van der Waals surface area contributed by atoms with Crippen LogP contribution in [0, 0.1) is 5.82 Å². The van der Waals surface area contributed by atoms with Crippen molar-refractivity contribution in [1.82, 2.24) is 5.32 Å². The zero-order chi connectivity index (χ0) is 14.5. The van der Waals surface area contributed by atoms with Crippen LogP contribution in [0.4, 0.5) is 4.39 Å². The van der Waals surface area contributed by atoms with Crippen molar-refractivity contribution in [2.24, 2.45) is 0 Å². The number of hydrogen-bond acceptors (Lipinski definition) is 1. The van der Waals surface area contributed by atoms with Crippen molar-refractivity contribution in [2.75, 3.05) is 6.54 Å². The summed E-state index contributed by atoms with van der Waals surface area (Å²) < 4.78 is 14.2. The van der Waals surface area contributed by atoms with E-state index < -0.39 is 0 Å². The van der Waals surface area contributed by atoms with E-state index in [2.05, 4.69) is 24.4 Å². The molecule has 0 aromatic heterocycles. The smallest absolute Gasteiger partial charge is 0.129 e. The summed E-state index contributed by atoms with van der Waals surface area (Å²) in [6.07, 6.45) is 0.956. The van der Waals surface area contributed by atoms with E-state index in [1.165, 1.54) is 11.6 Å². The third-order valence-corrected chi connectivity index (χ3v) is 3.72. The van der Waals surface area contributed by atoms with Gasteiger partial charge in [-0.2, -0.15) is 0 Å². The molecule has 0 saturated carbocycles. The van der Waals surface area contributed by atoms with Gasteiger partial charge in [0.15, 0.2) is 0 Å². The van der Waals surface area contributed by atoms with Gasteiger partial charge in [0.25, 0.3) is 0 Å². The molecule has 0 aliphatic heterocycles.